The number of furan rings is 1. The normalized spacial score (nSPS) is 16.8. The van der Waals surface area contributed by atoms with Crippen LogP contribution in [0.1, 0.15) is 18.2 Å². The van der Waals surface area contributed by atoms with Crippen LogP contribution in [0.4, 0.5) is 0 Å². The summed E-state index contributed by atoms with van der Waals surface area (Å²) in [5, 5.41) is 0. The van der Waals surface area contributed by atoms with Crippen molar-refractivity contribution in [2.24, 2.45) is 0 Å². The lowest BCUT2D eigenvalue weighted by atomic mass is 10.2. The van der Waals surface area contributed by atoms with Crippen molar-refractivity contribution in [1.82, 2.24) is 9.80 Å². The maximum absolute atomic E-state index is 12.6. The predicted octanol–water partition coefficient (Wildman–Crippen LogP) is 2.70. The van der Waals surface area contributed by atoms with Crippen molar-refractivity contribution in [2.75, 3.05) is 26.2 Å². The van der Waals surface area contributed by atoms with Gasteiger partial charge in [0.1, 0.15) is 11.5 Å². The zero-order chi connectivity index (χ0) is 16.9. The molecule has 0 aliphatic carbocycles. The Bertz CT molecular complexity index is 644. The molecule has 0 radical (unpaired) electrons. The van der Waals surface area contributed by atoms with E-state index in [0.717, 1.165) is 44.2 Å². The minimum atomic E-state index is -0.468. The number of aryl methyl sites for hydroxylation is 1. The lowest BCUT2D eigenvalue weighted by molar-refractivity contribution is -0.139. The van der Waals surface area contributed by atoms with Gasteiger partial charge in [-0.15, -0.1) is 0 Å². The molecule has 1 aliphatic heterocycles. The molecule has 1 aliphatic rings. The molecule has 0 bridgehead atoms. The molecular formula is C19H24N2O3. The second kappa shape index (κ2) is 7.53. The number of nitrogens with zero attached hydrogens (tertiary/aromatic N) is 2. The Morgan fingerprint density at radius 1 is 1.17 bits per heavy atom. The van der Waals surface area contributed by atoms with E-state index in [-0.39, 0.29) is 5.91 Å². The molecule has 1 saturated heterocycles. The molecule has 1 amide bonds. The Labute approximate surface area is 142 Å². The second-order valence-corrected chi connectivity index (χ2v) is 6.25. The molecule has 1 aromatic carbocycles. The van der Waals surface area contributed by atoms with Crippen molar-refractivity contribution in [3.05, 3.63) is 54.0 Å². The Balaban J connectivity index is 1.48. The summed E-state index contributed by atoms with van der Waals surface area (Å²) in [5.74, 6) is 1.75. The van der Waals surface area contributed by atoms with Crippen LogP contribution in [0.15, 0.2) is 47.1 Å². The number of piperazine rings is 1. The molecule has 0 N–H and O–H groups in total. The number of carbonyl (C=O) groups is 1. The molecule has 5 heteroatoms. The number of carbonyl (C=O) groups excluding carboxylic acids is 1. The SMILES string of the molecule is Cc1ccc(O[C@@H](C)C(=O)N2CCN(Cc3ccco3)CC2)cc1. The van der Waals surface area contributed by atoms with Gasteiger partial charge in [0.25, 0.3) is 5.91 Å². The van der Waals surface area contributed by atoms with Crippen LogP contribution in [0.3, 0.4) is 0 Å². The monoisotopic (exact) mass is 328 g/mol. The molecule has 128 valence electrons. The molecule has 0 saturated carbocycles. The summed E-state index contributed by atoms with van der Waals surface area (Å²) >= 11 is 0. The lowest BCUT2D eigenvalue weighted by Crippen LogP contribution is -2.51. The van der Waals surface area contributed by atoms with E-state index in [1.807, 2.05) is 55.1 Å². The molecule has 3 rings (SSSR count). The van der Waals surface area contributed by atoms with Gasteiger partial charge in [-0.25, -0.2) is 0 Å². The summed E-state index contributed by atoms with van der Waals surface area (Å²) in [7, 11) is 0. The van der Waals surface area contributed by atoms with E-state index in [4.69, 9.17) is 9.15 Å². The van der Waals surface area contributed by atoms with Crippen molar-refractivity contribution in [3.63, 3.8) is 0 Å². The van der Waals surface area contributed by atoms with E-state index in [2.05, 4.69) is 4.90 Å². The average Bonchev–Trinajstić information content (AvgIpc) is 3.10. The number of hydrogen-bond donors (Lipinski definition) is 0. The molecule has 2 heterocycles. The predicted molar refractivity (Wildman–Crippen MR) is 91.8 cm³/mol. The Hall–Kier alpha value is -2.27. The molecule has 1 fully saturated rings. The largest absolute Gasteiger partial charge is 0.481 e. The summed E-state index contributed by atoms with van der Waals surface area (Å²) in [4.78, 5) is 16.7. The maximum Gasteiger partial charge on any atom is 0.263 e. The number of amides is 1. The number of hydrogen-bond acceptors (Lipinski definition) is 4. The fourth-order valence-corrected chi connectivity index (χ4v) is 2.88. The van der Waals surface area contributed by atoms with Crippen LogP contribution in [0.5, 0.6) is 5.75 Å². The van der Waals surface area contributed by atoms with Crippen molar-refractivity contribution in [1.29, 1.82) is 0 Å². The third-order valence-corrected chi connectivity index (χ3v) is 4.33. The molecule has 0 unspecified atom stereocenters. The quantitative estimate of drug-likeness (QED) is 0.847. The summed E-state index contributed by atoms with van der Waals surface area (Å²) < 4.78 is 11.2. The Morgan fingerprint density at radius 3 is 2.50 bits per heavy atom. The van der Waals surface area contributed by atoms with Crippen molar-refractivity contribution < 1.29 is 13.9 Å². The molecule has 2 aromatic rings. The minimum absolute atomic E-state index is 0.0493. The molecule has 24 heavy (non-hydrogen) atoms. The topological polar surface area (TPSA) is 45.9 Å². The van der Waals surface area contributed by atoms with Gasteiger partial charge in [-0.2, -0.15) is 0 Å². The van der Waals surface area contributed by atoms with Crippen LogP contribution in [-0.4, -0.2) is 48.0 Å². The van der Waals surface area contributed by atoms with E-state index in [0.29, 0.717) is 0 Å². The van der Waals surface area contributed by atoms with Crippen LogP contribution in [-0.2, 0) is 11.3 Å². The molecule has 5 nitrogen and oxygen atoms in total. The van der Waals surface area contributed by atoms with Gasteiger partial charge < -0.3 is 14.1 Å². The number of ether oxygens (including phenoxy) is 1. The molecule has 0 spiro atoms. The maximum atomic E-state index is 12.6. The van der Waals surface area contributed by atoms with Gasteiger partial charge in [-0.1, -0.05) is 17.7 Å². The zero-order valence-electron chi connectivity index (χ0n) is 14.3. The van der Waals surface area contributed by atoms with E-state index < -0.39 is 6.10 Å². The van der Waals surface area contributed by atoms with Crippen molar-refractivity contribution >= 4 is 5.91 Å². The van der Waals surface area contributed by atoms with Gasteiger partial charge in [-0.3, -0.25) is 9.69 Å². The third kappa shape index (κ3) is 4.17. The van der Waals surface area contributed by atoms with Gasteiger partial charge >= 0.3 is 0 Å². The highest BCUT2D eigenvalue weighted by Gasteiger charge is 2.26. The average molecular weight is 328 g/mol. The summed E-state index contributed by atoms with van der Waals surface area (Å²) in [6.45, 7) is 7.79. The summed E-state index contributed by atoms with van der Waals surface area (Å²) in [5.41, 5.74) is 1.18. The van der Waals surface area contributed by atoms with Crippen molar-refractivity contribution in [3.8, 4) is 5.75 Å². The highest BCUT2D eigenvalue weighted by molar-refractivity contribution is 5.81. The first-order chi connectivity index (χ1) is 11.6. The standard InChI is InChI=1S/C19H24N2O3/c1-15-5-7-17(8-6-15)24-16(2)19(22)21-11-9-20(10-12-21)14-18-4-3-13-23-18/h3-8,13,16H,9-12,14H2,1-2H3/t16-/m0/s1. The first-order valence-corrected chi connectivity index (χ1v) is 8.38. The highest BCUT2D eigenvalue weighted by atomic mass is 16.5. The second-order valence-electron chi connectivity index (χ2n) is 6.25. The fraction of sp³-hybridized carbons (Fsp3) is 0.421. The van der Waals surface area contributed by atoms with E-state index in [1.54, 1.807) is 6.26 Å². The highest BCUT2D eigenvalue weighted by Crippen LogP contribution is 2.15. The fourth-order valence-electron chi connectivity index (χ4n) is 2.88. The zero-order valence-corrected chi connectivity index (χ0v) is 14.3. The molecule has 1 aromatic heterocycles. The first-order valence-electron chi connectivity index (χ1n) is 8.38. The number of rotatable bonds is 5. The van der Waals surface area contributed by atoms with Crippen LogP contribution in [0, 0.1) is 6.92 Å². The molecule has 1 atom stereocenters. The lowest BCUT2D eigenvalue weighted by Gasteiger charge is -2.35. The summed E-state index contributed by atoms with van der Waals surface area (Å²) in [6.07, 6.45) is 1.23. The smallest absolute Gasteiger partial charge is 0.263 e. The van der Waals surface area contributed by atoms with Gasteiger partial charge in [0.05, 0.1) is 12.8 Å². The van der Waals surface area contributed by atoms with E-state index >= 15 is 0 Å². The molecular weight excluding hydrogens is 304 g/mol. The summed E-state index contributed by atoms with van der Waals surface area (Å²) in [6, 6.07) is 11.7. The third-order valence-electron chi connectivity index (χ3n) is 4.33. The van der Waals surface area contributed by atoms with Gasteiger partial charge in [0.2, 0.25) is 0 Å². The van der Waals surface area contributed by atoms with Crippen LogP contribution < -0.4 is 4.74 Å². The van der Waals surface area contributed by atoms with Crippen LogP contribution in [0.25, 0.3) is 0 Å². The number of benzene rings is 1. The van der Waals surface area contributed by atoms with E-state index in [9.17, 15) is 4.79 Å². The minimum Gasteiger partial charge on any atom is -0.481 e. The van der Waals surface area contributed by atoms with Crippen molar-refractivity contribution in [2.45, 2.75) is 26.5 Å². The van der Waals surface area contributed by atoms with Gasteiger partial charge in [0, 0.05) is 26.2 Å². The Kier molecular flexibility index (Phi) is 5.20. The first kappa shape index (κ1) is 16.6. The van der Waals surface area contributed by atoms with E-state index in [1.165, 1.54) is 5.56 Å². The van der Waals surface area contributed by atoms with Gasteiger partial charge in [-0.05, 0) is 38.1 Å². The van der Waals surface area contributed by atoms with Crippen LogP contribution >= 0.6 is 0 Å². The van der Waals surface area contributed by atoms with Gasteiger partial charge in [0.15, 0.2) is 6.10 Å². The Morgan fingerprint density at radius 2 is 1.88 bits per heavy atom. The van der Waals surface area contributed by atoms with Crippen LogP contribution in [0.2, 0.25) is 0 Å².